The zero-order valence-electron chi connectivity index (χ0n) is 11.1. The van der Waals surface area contributed by atoms with Crippen LogP contribution in [0, 0.1) is 11.7 Å². The number of hydrogen-bond donors (Lipinski definition) is 1. The van der Waals surface area contributed by atoms with E-state index in [1.165, 1.54) is 13.2 Å². The van der Waals surface area contributed by atoms with Crippen LogP contribution in [-0.2, 0) is 0 Å². The highest BCUT2D eigenvalue weighted by Crippen LogP contribution is 2.32. The van der Waals surface area contributed by atoms with Crippen LogP contribution in [0.5, 0.6) is 5.75 Å². The van der Waals surface area contributed by atoms with Crippen LogP contribution < -0.4 is 10.5 Å². The Morgan fingerprint density at radius 2 is 2.11 bits per heavy atom. The lowest BCUT2D eigenvalue weighted by atomic mass is 10.1. The molecule has 1 aromatic carbocycles. The van der Waals surface area contributed by atoms with E-state index in [0.717, 1.165) is 0 Å². The molecule has 0 radical (unpaired) electrons. The molecule has 1 unspecified atom stereocenters. The van der Waals surface area contributed by atoms with Gasteiger partial charge in [-0.15, -0.1) is 0 Å². The lowest BCUT2D eigenvalue weighted by Gasteiger charge is -2.09. The van der Waals surface area contributed by atoms with Crippen LogP contribution in [0.3, 0.4) is 0 Å². The molecule has 6 heteroatoms. The van der Waals surface area contributed by atoms with Crippen LogP contribution in [0.15, 0.2) is 22.7 Å². The largest absolute Gasteiger partial charge is 0.496 e. The Bertz CT molecular complexity index is 569. The fourth-order valence-corrected chi connectivity index (χ4v) is 1.65. The molecule has 0 amide bonds. The van der Waals surface area contributed by atoms with Gasteiger partial charge in [0.15, 0.2) is 5.82 Å². The van der Waals surface area contributed by atoms with Crippen molar-refractivity contribution in [2.45, 2.75) is 19.9 Å². The van der Waals surface area contributed by atoms with Crippen molar-refractivity contribution in [3.63, 3.8) is 0 Å². The second-order valence-corrected chi connectivity index (χ2v) is 4.54. The lowest BCUT2D eigenvalue weighted by Crippen LogP contribution is -2.18. The van der Waals surface area contributed by atoms with Gasteiger partial charge in [-0.25, -0.2) is 4.39 Å². The molecule has 2 N–H and O–H groups in total. The number of benzene rings is 1. The summed E-state index contributed by atoms with van der Waals surface area (Å²) in [5, 5.41) is 3.80. The van der Waals surface area contributed by atoms with Crippen LogP contribution in [0.1, 0.15) is 25.7 Å². The van der Waals surface area contributed by atoms with Crippen molar-refractivity contribution >= 4 is 0 Å². The van der Waals surface area contributed by atoms with E-state index in [1.807, 2.05) is 13.8 Å². The molecule has 1 aromatic heterocycles. The number of halogens is 1. The molecule has 0 aliphatic carbocycles. The lowest BCUT2D eigenvalue weighted by molar-refractivity contribution is 0.389. The second-order valence-electron chi connectivity index (χ2n) is 4.54. The zero-order valence-corrected chi connectivity index (χ0v) is 11.1. The molecule has 0 spiro atoms. The molecule has 1 atom stereocenters. The van der Waals surface area contributed by atoms with E-state index in [1.54, 1.807) is 12.1 Å². The molecule has 5 nitrogen and oxygen atoms in total. The standard InChI is InChI=1S/C13H16FN3O2/c1-7(2)11(15)12-16-13(19-17-12)10-8(14)5-4-6-9(10)18-3/h4-7,11H,15H2,1-3H3. The summed E-state index contributed by atoms with van der Waals surface area (Å²) >= 11 is 0. The average molecular weight is 265 g/mol. The van der Waals surface area contributed by atoms with Crippen molar-refractivity contribution in [3.8, 4) is 17.2 Å². The van der Waals surface area contributed by atoms with Gasteiger partial charge in [-0.1, -0.05) is 25.1 Å². The first-order chi connectivity index (χ1) is 9.04. The number of methoxy groups -OCH3 is 1. The first-order valence-corrected chi connectivity index (χ1v) is 5.96. The minimum atomic E-state index is -0.479. The number of rotatable bonds is 4. The third-order valence-corrected chi connectivity index (χ3v) is 2.87. The zero-order chi connectivity index (χ0) is 14.0. The number of nitrogens with zero attached hydrogens (tertiary/aromatic N) is 2. The smallest absolute Gasteiger partial charge is 0.264 e. The molecular weight excluding hydrogens is 249 g/mol. The Hall–Kier alpha value is -1.95. The molecule has 0 saturated carbocycles. The van der Waals surface area contributed by atoms with Gasteiger partial charge in [0, 0.05) is 0 Å². The molecule has 0 fully saturated rings. The van der Waals surface area contributed by atoms with E-state index in [0.29, 0.717) is 11.6 Å². The minimum Gasteiger partial charge on any atom is -0.496 e. The molecule has 2 rings (SSSR count). The van der Waals surface area contributed by atoms with E-state index in [-0.39, 0.29) is 23.4 Å². The fourth-order valence-electron chi connectivity index (χ4n) is 1.65. The summed E-state index contributed by atoms with van der Waals surface area (Å²) in [7, 11) is 1.45. The van der Waals surface area contributed by atoms with E-state index in [4.69, 9.17) is 15.0 Å². The third kappa shape index (κ3) is 2.58. The molecule has 0 saturated heterocycles. The molecule has 0 bridgehead atoms. The van der Waals surface area contributed by atoms with E-state index < -0.39 is 5.82 Å². The summed E-state index contributed by atoms with van der Waals surface area (Å²) in [5.41, 5.74) is 6.08. The Morgan fingerprint density at radius 1 is 1.37 bits per heavy atom. The second kappa shape index (κ2) is 5.36. The fraction of sp³-hybridized carbons (Fsp3) is 0.385. The minimum absolute atomic E-state index is 0.0704. The first kappa shape index (κ1) is 13.5. The van der Waals surface area contributed by atoms with Gasteiger partial charge in [0.05, 0.1) is 13.2 Å². The van der Waals surface area contributed by atoms with Crippen molar-refractivity contribution in [1.82, 2.24) is 10.1 Å². The van der Waals surface area contributed by atoms with Crippen LogP contribution in [0.2, 0.25) is 0 Å². The van der Waals surface area contributed by atoms with Crippen molar-refractivity contribution in [2.24, 2.45) is 11.7 Å². The van der Waals surface area contributed by atoms with E-state index in [2.05, 4.69) is 10.1 Å². The van der Waals surface area contributed by atoms with Gasteiger partial charge in [-0.2, -0.15) is 4.98 Å². The maximum absolute atomic E-state index is 13.9. The molecule has 19 heavy (non-hydrogen) atoms. The van der Waals surface area contributed by atoms with Crippen LogP contribution >= 0.6 is 0 Å². The molecular formula is C13H16FN3O2. The molecule has 1 heterocycles. The van der Waals surface area contributed by atoms with Crippen molar-refractivity contribution < 1.29 is 13.7 Å². The van der Waals surface area contributed by atoms with Gasteiger partial charge in [0.2, 0.25) is 0 Å². The van der Waals surface area contributed by atoms with Gasteiger partial charge in [0.25, 0.3) is 5.89 Å². The maximum Gasteiger partial charge on any atom is 0.264 e. The Kier molecular flexibility index (Phi) is 3.80. The van der Waals surface area contributed by atoms with Crippen molar-refractivity contribution in [3.05, 3.63) is 29.8 Å². The average Bonchev–Trinajstić information content (AvgIpc) is 2.86. The topological polar surface area (TPSA) is 74.2 Å². The normalized spacial score (nSPS) is 12.7. The monoisotopic (exact) mass is 265 g/mol. The Morgan fingerprint density at radius 3 is 2.74 bits per heavy atom. The highest BCUT2D eigenvalue weighted by molar-refractivity contribution is 5.63. The quantitative estimate of drug-likeness (QED) is 0.919. The number of nitrogens with two attached hydrogens (primary N) is 1. The van der Waals surface area contributed by atoms with Crippen LogP contribution in [0.25, 0.3) is 11.5 Å². The molecule has 2 aromatic rings. The summed E-state index contributed by atoms with van der Waals surface area (Å²) in [6.07, 6.45) is 0. The van der Waals surface area contributed by atoms with E-state index >= 15 is 0 Å². The number of ether oxygens (including phenoxy) is 1. The van der Waals surface area contributed by atoms with Gasteiger partial charge in [0.1, 0.15) is 17.1 Å². The summed E-state index contributed by atoms with van der Waals surface area (Å²) in [6.45, 7) is 3.90. The predicted molar refractivity (Wildman–Crippen MR) is 68.0 cm³/mol. The summed E-state index contributed by atoms with van der Waals surface area (Å²) in [5.74, 6) is 0.449. The number of aromatic nitrogens is 2. The first-order valence-electron chi connectivity index (χ1n) is 5.96. The van der Waals surface area contributed by atoms with Crippen molar-refractivity contribution in [2.75, 3.05) is 7.11 Å². The SMILES string of the molecule is COc1cccc(F)c1-c1nc(C(N)C(C)C)no1. The molecule has 102 valence electrons. The molecule has 0 aliphatic heterocycles. The Balaban J connectivity index is 2.44. The third-order valence-electron chi connectivity index (χ3n) is 2.87. The summed E-state index contributed by atoms with van der Waals surface area (Å²) in [6, 6.07) is 4.14. The van der Waals surface area contributed by atoms with E-state index in [9.17, 15) is 4.39 Å². The van der Waals surface area contributed by atoms with Crippen LogP contribution in [0.4, 0.5) is 4.39 Å². The highest BCUT2D eigenvalue weighted by Gasteiger charge is 2.22. The summed E-state index contributed by atoms with van der Waals surface area (Å²) in [4.78, 5) is 4.15. The van der Waals surface area contributed by atoms with Gasteiger partial charge >= 0.3 is 0 Å². The molecule has 0 aliphatic rings. The highest BCUT2D eigenvalue weighted by atomic mass is 19.1. The predicted octanol–water partition coefficient (Wildman–Crippen LogP) is 2.54. The van der Waals surface area contributed by atoms with Crippen molar-refractivity contribution in [1.29, 1.82) is 0 Å². The van der Waals surface area contributed by atoms with Gasteiger partial charge in [-0.3, -0.25) is 0 Å². The summed E-state index contributed by atoms with van der Waals surface area (Å²) < 4.78 is 24.0. The maximum atomic E-state index is 13.9. The van der Waals surface area contributed by atoms with Gasteiger partial charge in [-0.05, 0) is 18.1 Å². The Labute approximate surface area is 110 Å². The van der Waals surface area contributed by atoms with Crippen LogP contribution in [-0.4, -0.2) is 17.3 Å². The number of hydrogen-bond acceptors (Lipinski definition) is 5. The van der Waals surface area contributed by atoms with Gasteiger partial charge < -0.3 is 15.0 Å².